The third kappa shape index (κ3) is 4.90. The van der Waals surface area contributed by atoms with E-state index < -0.39 is 11.7 Å². The highest BCUT2D eigenvalue weighted by molar-refractivity contribution is 6.01. The normalized spacial score (nSPS) is 10.6. The Hall–Kier alpha value is -4.13. The standard InChI is InChI=1S/C24H20FN3O3/c25-18-12-10-17(11-13-18)15-27-24(30)28-22-21(26-14-16-6-2-1-3-7-16)19-8-4-5-9-20(19)31-23(22)29/h1-13,26H,14-15H2,(H2,27,28,30). The van der Waals surface area contributed by atoms with Gasteiger partial charge in [-0.3, -0.25) is 5.32 Å². The maximum atomic E-state index is 13.0. The summed E-state index contributed by atoms with van der Waals surface area (Å²) in [5.41, 5.74) is 2.00. The molecule has 0 fully saturated rings. The second-order valence-corrected chi connectivity index (χ2v) is 6.91. The molecule has 0 unspecified atom stereocenters. The zero-order valence-electron chi connectivity index (χ0n) is 16.5. The highest BCUT2D eigenvalue weighted by Crippen LogP contribution is 2.29. The minimum absolute atomic E-state index is 0.0197. The average Bonchev–Trinajstić information content (AvgIpc) is 2.79. The second kappa shape index (κ2) is 9.13. The summed E-state index contributed by atoms with van der Waals surface area (Å²) < 4.78 is 18.4. The number of para-hydroxylation sites is 1. The van der Waals surface area contributed by atoms with Crippen molar-refractivity contribution in [1.82, 2.24) is 5.32 Å². The predicted molar refractivity (Wildman–Crippen MR) is 119 cm³/mol. The molecule has 31 heavy (non-hydrogen) atoms. The van der Waals surface area contributed by atoms with E-state index >= 15 is 0 Å². The minimum atomic E-state index is -0.661. The van der Waals surface area contributed by atoms with Crippen molar-refractivity contribution in [1.29, 1.82) is 0 Å². The number of halogens is 1. The van der Waals surface area contributed by atoms with Gasteiger partial charge in [0.05, 0.1) is 5.69 Å². The van der Waals surface area contributed by atoms with Gasteiger partial charge in [-0.15, -0.1) is 0 Å². The number of urea groups is 1. The molecular formula is C24H20FN3O3. The zero-order chi connectivity index (χ0) is 21.6. The first-order valence-electron chi connectivity index (χ1n) is 9.73. The summed E-state index contributed by atoms with van der Waals surface area (Å²) in [5, 5.41) is 9.19. The van der Waals surface area contributed by atoms with Gasteiger partial charge in [-0.25, -0.2) is 14.0 Å². The van der Waals surface area contributed by atoms with E-state index in [4.69, 9.17) is 4.42 Å². The first-order valence-corrected chi connectivity index (χ1v) is 9.73. The molecule has 0 spiro atoms. The molecule has 156 valence electrons. The quantitative estimate of drug-likeness (QED) is 0.391. The van der Waals surface area contributed by atoms with Crippen LogP contribution in [0.4, 0.5) is 20.6 Å². The summed E-state index contributed by atoms with van der Waals surface area (Å²) in [6.07, 6.45) is 0. The lowest BCUT2D eigenvalue weighted by Crippen LogP contribution is -2.30. The number of carbonyl (C=O) groups excluding carboxylic acids is 1. The number of anilines is 2. The Morgan fingerprint density at radius 2 is 1.48 bits per heavy atom. The molecule has 2 amide bonds. The molecule has 1 heterocycles. The fraction of sp³-hybridized carbons (Fsp3) is 0.0833. The van der Waals surface area contributed by atoms with Crippen molar-refractivity contribution >= 4 is 28.4 Å². The largest absolute Gasteiger partial charge is 0.421 e. The molecule has 0 aliphatic rings. The van der Waals surface area contributed by atoms with Gasteiger partial charge in [0.1, 0.15) is 11.4 Å². The van der Waals surface area contributed by atoms with Gasteiger partial charge in [-0.05, 0) is 35.4 Å². The number of hydrogen-bond donors (Lipinski definition) is 3. The molecule has 1 aromatic heterocycles. The number of hydrogen-bond acceptors (Lipinski definition) is 4. The number of carbonyl (C=O) groups is 1. The van der Waals surface area contributed by atoms with E-state index in [9.17, 15) is 14.0 Å². The summed E-state index contributed by atoms with van der Waals surface area (Å²) in [7, 11) is 0. The molecule has 0 aliphatic heterocycles. The van der Waals surface area contributed by atoms with Gasteiger partial charge < -0.3 is 15.1 Å². The molecule has 6 nitrogen and oxygen atoms in total. The molecule has 0 aliphatic carbocycles. The topological polar surface area (TPSA) is 83.4 Å². The Kier molecular flexibility index (Phi) is 5.93. The fourth-order valence-electron chi connectivity index (χ4n) is 3.18. The third-order valence-corrected chi connectivity index (χ3v) is 4.73. The van der Waals surface area contributed by atoms with Crippen LogP contribution in [-0.4, -0.2) is 6.03 Å². The Morgan fingerprint density at radius 1 is 0.806 bits per heavy atom. The first-order chi connectivity index (χ1) is 15.1. The molecule has 7 heteroatoms. The van der Waals surface area contributed by atoms with Gasteiger partial charge in [0.25, 0.3) is 0 Å². The monoisotopic (exact) mass is 417 g/mol. The molecule has 0 saturated heterocycles. The van der Waals surface area contributed by atoms with Crippen LogP contribution in [0.5, 0.6) is 0 Å². The number of nitrogens with one attached hydrogen (secondary N) is 3. The lowest BCUT2D eigenvalue weighted by molar-refractivity contribution is 0.251. The Labute approximate surface area is 177 Å². The molecule has 4 rings (SSSR count). The highest BCUT2D eigenvalue weighted by atomic mass is 19.1. The molecular weight excluding hydrogens is 397 g/mol. The van der Waals surface area contributed by atoms with Crippen molar-refractivity contribution in [3.8, 4) is 0 Å². The van der Waals surface area contributed by atoms with Gasteiger partial charge in [0.15, 0.2) is 5.69 Å². The van der Waals surface area contributed by atoms with Crippen LogP contribution in [0.25, 0.3) is 11.0 Å². The first kappa shape index (κ1) is 20.2. The van der Waals surface area contributed by atoms with Crippen LogP contribution in [0, 0.1) is 5.82 Å². The molecule has 4 aromatic rings. The smallest absolute Gasteiger partial charge is 0.362 e. The highest BCUT2D eigenvalue weighted by Gasteiger charge is 2.17. The molecule has 0 atom stereocenters. The van der Waals surface area contributed by atoms with E-state index in [1.54, 1.807) is 24.3 Å². The van der Waals surface area contributed by atoms with Gasteiger partial charge >= 0.3 is 11.7 Å². The number of rotatable bonds is 6. The third-order valence-electron chi connectivity index (χ3n) is 4.73. The van der Waals surface area contributed by atoms with Crippen molar-refractivity contribution in [2.75, 3.05) is 10.6 Å². The van der Waals surface area contributed by atoms with Crippen LogP contribution in [0.15, 0.2) is 88.1 Å². The van der Waals surface area contributed by atoms with E-state index in [1.165, 1.54) is 12.1 Å². The summed E-state index contributed by atoms with van der Waals surface area (Å²) in [5.74, 6) is -0.351. The van der Waals surface area contributed by atoms with Gasteiger partial charge in [-0.1, -0.05) is 54.6 Å². The van der Waals surface area contributed by atoms with Crippen molar-refractivity contribution in [3.63, 3.8) is 0 Å². The predicted octanol–water partition coefficient (Wildman–Crippen LogP) is 4.87. The lowest BCUT2D eigenvalue weighted by atomic mass is 10.1. The van der Waals surface area contributed by atoms with E-state index in [0.29, 0.717) is 23.2 Å². The van der Waals surface area contributed by atoms with Crippen LogP contribution in [0.1, 0.15) is 11.1 Å². The lowest BCUT2D eigenvalue weighted by Gasteiger charge is -2.15. The van der Waals surface area contributed by atoms with Gasteiger partial charge in [0, 0.05) is 18.5 Å². The van der Waals surface area contributed by atoms with Crippen LogP contribution >= 0.6 is 0 Å². The Morgan fingerprint density at radius 3 is 2.26 bits per heavy atom. The molecule has 0 saturated carbocycles. The summed E-state index contributed by atoms with van der Waals surface area (Å²) >= 11 is 0. The zero-order valence-corrected chi connectivity index (χ0v) is 16.5. The summed E-state index contributed by atoms with van der Waals surface area (Å²) in [6.45, 7) is 0.637. The van der Waals surface area contributed by atoms with Gasteiger partial charge in [-0.2, -0.15) is 0 Å². The second-order valence-electron chi connectivity index (χ2n) is 6.91. The maximum Gasteiger partial charge on any atom is 0.362 e. The van der Waals surface area contributed by atoms with Crippen molar-refractivity contribution in [2.24, 2.45) is 0 Å². The van der Waals surface area contributed by atoms with Crippen LogP contribution in [0.3, 0.4) is 0 Å². The van der Waals surface area contributed by atoms with Crippen molar-refractivity contribution in [3.05, 3.63) is 106 Å². The Balaban J connectivity index is 1.58. The number of amides is 2. The summed E-state index contributed by atoms with van der Waals surface area (Å²) in [4.78, 5) is 25.1. The fourth-order valence-corrected chi connectivity index (χ4v) is 3.18. The molecule has 3 N–H and O–H groups in total. The van der Waals surface area contributed by atoms with Crippen LogP contribution in [0.2, 0.25) is 0 Å². The molecule has 0 radical (unpaired) electrons. The minimum Gasteiger partial charge on any atom is -0.421 e. The molecule has 0 bridgehead atoms. The van der Waals surface area contributed by atoms with E-state index in [0.717, 1.165) is 11.1 Å². The Bertz CT molecular complexity index is 1250. The van der Waals surface area contributed by atoms with Crippen LogP contribution < -0.4 is 21.6 Å². The SMILES string of the molecule is O=C(NCc1ccc(F)cc1)Nc1c(NCc2ccccc2)c2ccccc2oc1=O. The molecule has 3 aromatic carbocycles. The van der Waals surface area contributed by atoms with Gasteiger partial charge in [0.2, 0.25) is 0 Å². The van der Waals surface area contributed by atoms with Crippen LogP contribution in [-0.2, 0) is 13.1 Å². The number of fused-ring (bicyclic) bond motifs is 1. The van der Waals surface area contributed by atoms with Crippen molar-refractivity contribution in [2.45, 2.75) is 13.1 Å². The van der Waals surface area contributed by atoms with E-state index in [1.807, 2.05) is 42.5 Å². The maximum absolute atomic E-state index is 13.0. The van der Waals surface area contributed by atoms with E-state index in [-0.39, 0.29) is 18.0 Å². The average molecular weight is 417 g/mol. The summed E-state index contributed by atoms with van der Waals surface area (Å²) in [6, 6.07) is 22.0. The van der Waals surface area contributed by atoms with Crippen molar-refractivity contribution < 1.29 is 13.6 Å². The van der Waals surface area contributed by atoms with E-state index in [2.05, 4.69) is 16.0 Å². The number of benzene rings is 3.